The molecule has 0 bridgehead atoms. The molecule has 108 valence electrons. The lowest BCUT2D eigenvalue weighted by atomic mass is 9.82. The highest BCUT2D eigenvalue weighted by atomic mass is 16.5. The molecule has 0 spiro atoms. The van der Waals surface area contributed by atoms with Gasteiger partial charge in [0.1, 0.15) is 6.61 Å². The van der Waals surface area contributed by atoms with Gasteiger partial charge in [-0.05, 0) is 45.0 Å². The Balaban J connectivity index is 1.76. The van der Waals surface area contributed by atoms with Gasteiger partial charge in [0.05, 0.1) is 18.6 Å². The molecule has 0 N–H and O–H groups in total. The number of rotatable bonds is 5. The topological polar surface area (TPSA) is 45.5 Å². The largest absolute Gasteiger partial charge is 0.493 e. The first-order valence-electron chi connectivity index (χ1n) is 7.06. The van der Waals surface area contributed by atoms with Gasteiger partial charge in [-0.2, -0.15) is 5.26 Å². The highest BCUT2D eigenvalue weighted by Gasteiger charge is 2.29. The van der Waals surface area contributed by atoms with E-state index in [9.17, 15) is 0 Å². The van der Waals surface area contributed by atoms with Crippen LogP contribution in [0.3, 0.4) is 0 Å². The first kappa shape index (κ1) is 14.7. The van der Waals surface area contributed by atoms with Crippen molar-refractivity contribution in [2.45, 2.75) is 19.8 Å². The van der Waals surface area contributed by atoms with Crippen molar-refractivity contribution in [2.24, 2.45) is 5.41 Å². The number of likely N-dealkylation sites (tertiary alicyclic amines) is 1. The number of nitrogens with zero attached hydrogens (tertiary/aromatic N) is 2. The fourth-order valence-electron chi connectivity index (χ4n) is 2.40. The summed E-state index contributed by atoms with van der Waals surface area (Å²) < 4.78 is 11.0. The molecule has 1 aromatic carbocycles. The van der Waals surface area contributed by atoms with Crippen molar-refractivity contribution in [3.8, 4) is 17.6 Å². The zero-order valence-electron chi connectivity index (χ0n) is 12.3. The summed E-state index contributed by atoms with van der Waals surface area (Å²) in [5, 5.41) is 9.11. The van der Waals surface area contributed by atoms with E-state index in [1.54, 1.807) is 7.11 Å². The van der Waals surface area contributed by atoms with Crippen LogP contribution in [0.15, 0.2) is 24.3 Å². The molecule has 0 aliphatic carbocycles. The molecule has 1 saturated heterocycles. The second-order valence-electron chi connectivity index (χ2n) is 5.51. The van der Waals surface area contributed by atoms with E-state index in [-0.39, 0.29) is 5.41 Å². The molecule has 4 nitrogen and oxygen atoms in total. The Hall–Kier alpha value is -1.73. The second-order valence-corrected chi connectivity index (χ2v) is 5.51. The normalized spacial score (nSPS) is 18.2. The van der Waals surface area contributed by atoms with Crippen molar-refractivity contribution in [3.63, 3.8) is 0 Å². The summed E-state index contributed by atoms with van der Waals surface area (Å²) in [4.78, 5) is 2.36. The van der Waals surface area contributed by atoms with Crippen LogP contribution in [0.4, 0.5) is 0 Å². The smallest absolute Gasteiger partial charge is 0.161 e. The highest BCUT2D eigenvalue weighted by Crippen LogP contribution is 2.30. The Morgan fingerprint density at radius 2 is 1.90 bits per heavy atom. The number of benzene rings is 1. The number of para-hydroxylation sites is 2. The number of methoxy groups -OCH3 is 1. The van der Waals surface area contributed by atoms with Gasteiger partial charge in [-0.3, -0.25) is 4.90 Å². The molecule has 4 heteroatoms. The third-order valence-corrected chi connectivity index (χ3v) is 3.96. The molecule has 1 aliphatic rings. The van der Waals surface area contributed by atoms with Gasteiger partial charge in [-0.15, -0.1) is 0 Å². The molecule has 0 saturated carbocycles. The van der Waals surface area contributed by atoms with E-state index >= 15 is 0 Å². The lowest BCUT2D eigenvalue weighted by Gasteiger charge is -2.34. The third-order valence-electron chi connectivity index (χ3n) is 3.96. The number of nitriles is 1. The van der Waals surface area contributed by atoms with Gasteiger partial charge in [0.2, 0.25) is 0 Å². The molecule has 1 heterocycles. The SMILES string of the molecule is COc1ccccc1OCCN1CCC(C)(C#N)CC1. The van der Waals surface area contributed by atoms with E-state index in [4.69, 9.17) is 14.7 Å². The van der Waals surface area contributed by atoms with E-state index in [0.29, 0.717) is 6.61 Å². The van der Waals surface area contributed by atoms with E-state index in [0.717, 1.165) is 44.0 Å². The van der Waals surface area contributed by atoms with E-state index in [2.05, 4.69) is 17.9 Å². The van der Waals surface area contributed by atoms with Gasteiger partial charge in [0, 0.05) is 6.54 Å². The summed E-state index contributed by atoms with van der Waals surface area (Å²) in [7, 11) is 1.65. The highest BCUT2D eigenvalue weighted by molar-refractivity contribution is 5.39. The monoisotopic (exact) mass is 274 g/mol. The molecule has 2 rings (SSSR count). The Kier molecular flexibility index (Phi) is 4.86. The van der Waals surface area contributed by atoms with Gasteiger partial charge in [-0.1, -0.05) is 12.1 Å². The van der Waals surface area contributed by atoms with Gasteiger partial charge in [0.25, 0.3) is 0 Å². The molecule has 0 aromatic heterocycles. The van der Waals surface area contributed by atoms with Crippen molar-refractivity contribution in [1.29, 1.82) is 5.26 Å². The predicted molar refractivity (Wildman–Crippen MR) is 77.9 cm³/mol. The molecule has 0 unspecified atom stereocenters. The maximum atomic E-state index is 9.11. The molecule has 0 atom stereocenters. The minimum atomic E-state index is -0.139. The number of hydrogen-bond donors (Lipinski definition) is 0. The van der Waals surface area contributed by atoms with E-state index < -0.39 is 0 Å². The van der Waals surface area contributed by atoms with Crippen molar-refractivity contribution in [1.82, 2.24) is 4.90 Å². The third kappa shape index (κ3) is 3.64. The van der Waals surface area contributed by atoms with E-state index in [1.165, 1.54) is 0 Å². The minimum Gasteiger partial charge on any atom is -0.493 e. The first-order chi connectivity index (χ1) is 9.67. The van der Waals surface area contributed by atoms with Crippen LogP contribution in [-0.4, -0.2) is 38.3 Å². The second kappa shape index (κ2) is 6.62. The minimum absolute atomic E-state index is 0.139. The first-order valence-corrected chi connectivity index (χ1v) is 7.06. The molecule has 0 radical (unpaired) electrons. The quantitative estimate of drug-likeness (QED) is 0.828. The van der Waals surface area contributed by atoms with Crippen molar-refractivity contribution in [2.75, 3.05) is 33.4 Å². The average molecular weight is 274 g/mol. The van der Waals surface area contributed by atoms with Crippen LogP contribution in [0.25, 0.3) is 0 Å². The van der Waals surface area contributed by atoms with Crippen LogP contribution in [0.1, 0.15) is 19.8 Å². The van der Waals surface area contributed by atoms with Crippen LogP contribution in [0.5, 0.6) is 11.5 Å². The molecule has 20 heavy (non-hydrogen) atoms. The van der Waals surface area contributed by atoms with Gasteiger partial charge in [0.15, 0.2) is 11.5 Å². The molecule has 1 fully saturated rings. The molecular weight excluding hydrogens is 252 g/mol. The zero-order chi connectivity index (χ0) is 14.4. The van der Waals surface area contributed by atoms with Crippen molar-refractivity contribution in [3.05, 3.63) is 24.3 Å². The standard InChI is InChI=1S/C16H22N2O2/c1-16(13-17)7-9-18(10-8-16)11-12-20-15-6-4-3-5-14(15)19-2/h3-6H,7-12H2,1-2H3. The molecule has 0 amide bonds. The van der Waals surface area contributed by atoms with Gasteiger partial charge >= 0.3 is 0 Å². The zero-order valence-corrected chi connectivity index (χ0v) is 12.3. The number of piperidine rings is 1. The molecular formula is C16H22N2O2. The number of hydrogen-bond acceptors (Lipinski definition) is 4. The lowest BCUT2D eigenvalue weighted by Crippen LogP contribution is -2.40. The van der Waals surface area contributed by atoms with Crippen molar-refractivity contribution >= 4 is 0 Å². The van der Waals surface area contributed by atoms with Crippen LogP contribution in [0.2, 0.25) is 0 Å². The summed E-state index contributed by atoms with van der Waals surface area (Å²) >= 11 is 0. The fourth-order valence-corrected chi connectivity index (χ4v) is 2.40. The molecule has 1 aromatic rings. The Morgan fingerprint density at radius 1 is 1.25 bits per heavy atom. The van der Waals surface area contributed by atoms with Crippen LogP contribution in [-0.2, 0) is 0 Å². The number of ether oxygens (including phenoxy) is 2. The van der Waals surface area contributed by atoms with E-state index in [1.807, 2.05) is 24.3 Å². The summed E-state index contributed by atoms with van der Waals surface area (Å²) in [6, 6.07) is 10.1. The average Bonchev–Trinajstić information content (AvgIpc) is 2.50. The van der Waals surface area contributed by atoms with Crippen LogP contribution < -0.4 is 9.47 Å². The van der Waals surface area contributed by atoms with Crippen LogP contribution in [0, 0.1) is 16.7 Å². The summed E-state index contributed by atoms with van der Waals surface area (Å²) in [6.07, 6.45) is 1.89. The van der Waals surface area contributed by atoms with Crippen LogP contribution >= 0.6 is 0 Å². The maximum absolute atomic E-state index is 9.11. The maximum Gasteiger partial charge on any atom is 0.161 e. The summed E-state index contributed by atoms with van der Waals surface area (Å²) in [5.74, 6) is 1.55. The Labute approximate surface area is 120 Å². The van der Waals surface area contributed by atoms with Crippen molar-refractivity contribution < 1.29 is 9.47 Å². The van der Waals surface area contributed by atoms with Gasteiger partial charge in [-0.25, -0.2) is 0 Å². The summed E-state index contributed by atoms with van der Waals surface area (Å²) in [6.45, 7) is 5.53. The summed E-state index contributed by atoms with van der Waals surface area (Å²) in [5.41, 5.74) is -0.139. The Morgan fingerprint density at radius 3 is 2.50 bits per heavy atom. The predicted octanol–water partition coefficient (Wildman–Crippen LogP) is 2.70. The fraction of sp³-hybridized carbons (Fsp3) is 0.562. The Bertz CT molecular complexity index is 474. The molecule has 1 aliphatic heterocycles. The lowest BCUT2D eigenvalue weighted by molar-refractivity contribution is 0.134. The van der Waals surface area contributed by atoms with Gasteiger partial charge < -0.3 is 9.47 Å².